The molecule has 1 fully saturated rings. The van der Waals surface area contributed by atoms with Gasteiger partial charge in [0, 0.05) is 30.1 Å². The average molecular weight is 319 g/mol. The van der Waals surface area contributed by atoms with E-state index >= 15 is 0 Å². The van der Waals surface area contributed by atoms with Crippen LogP contribution in [0.2, 0.25) is 0 Å². The van der Waals surface area contributed by atoms with E-state index in [1.807, 2.05) is 6.92 Å². The van der Waals surface area contributed by atoms with Gasteiger partial charge in [-0.3, -0.25) is 4.90 Å². The van der Waals surface area contributed by atoms with Gasteiger partial charge in [0.2, 0.25) is 0 Å². The van der Waals surface area contributed by atoms with Crippen LogP contribution in [0.3, 0.4) is 0 Å². The van der Waals surface area contributed by atoms with Crippen molar-refractivity contribution in [3.05, 3.63) is 15.6 Å². The number of halogens is 3. The Kier molecular flexibility index (Phi) is 4.25. The van der Waals surface area contributed by atoms with Gasteiger partial charge in [0.1, 0.15) is 0 Å². The summed E-state index contributed by atoms with van der Waals surface area (Å²) in [6, 6.07) is 0.432. The standard InChI is InChI=1S/C14H20F3N3S/c1-9-18-11-3-2-4-12(13(11)21-9)19-10-5-6-20(7-10)8-14(15,16)17/h10,12,19H,2-8H2,1H3/t10-,12+/m0/s1. The molecular weight excluding hydrogens is 299 g/mol. The van der Waals surface area contributed by atoms with Crippen LogP contribution in [0.15, 0.2) is 0 Å². The van der Waals surface area contributed by atoms with Crippen LogP contribution in [0.25, 0.3) is 0 Å². The van der Waals surface area contributed by atoms with E-state index in [0.717, 1.165) is 30.7 Å². The van der Waals surface area contributed by atoms with Crippen molar-refractivity contribution in [2.75, 3.05) is 19.6 Å². The second-order valence-electron chi connectivity index (χ2n) is 5.99. The van der Waals surface area contributed by atoms with Crippen LogP contribution in [-0.2, 0) is 6.42 Å². The Bertz CT molecular complexity index is 500. The third-order valence-electron chi connectivity index (χ3n) is 4.17. The largest absolute Gasteiger partial charge is 0.401 e. The van der Waals surface area contributed by atoms with E-state index < -0.39 is 12.7 Å². The number of aryl methyl sites for hydroxylation is 2. The van der Waals surface area contributed by atoms with Crippen molar-refractivity contribution >= 4 is 11.3 Å². The van der Waals surface area contributed by atoms with E-state index in [0.29, 0.717) is 13.1 Å². The minimum atomic E-state index is -4.10. The molecule has 21 heavy (non-hydrogen) atoms. The molecule has 1 saturated heterocycles. The van der Waals surface area contributed by atoms with Crippen molar-refractivity contribution in [1.29, 1.82) is 0 Å². The molecule has 1 aliphatic carbocycles. The van der Waals surface area contributed by atoms with Gasteiger partial charge in [0.05, 0.1) is 17.2 Å². The molecule has 1 aromatic heterocycles. The molecule has 0 amide bonds. The van der Waals surface area contributed by atoms with Gasteiger partial charge in [0.15, 0.2) is 0 Å². The zero-order chi connectivity index (χ0) is 15.0. The third-order valence-corrected chi connectivity index (χ3v) is 5.30. The Hall–Kier alpha value is -0.660. The maximum absolute atomic E-state index is 12.4. The first-order valence-corrected chi connectivity index (χ1v) is 8.24. The van der Waals surface area contributed by atoms with E-state index in [2.05, 4.69) is 10.3 Å². The van der Waals surface area contributed by atoms with Crippen molar-refractivity contribution < 1.29 is 13.2 Å². The van der Waals surface area contributed by atoms with Crippen molar-refractivity contribution in [3.8, 4) is 0 Å². The summed E-state index contributed by atoms with van der Waals surface area (Å²) in [6.45, 7) is 2.24. The lowest BCUT2D eigenvalue weighted by Gasteiger charge is -2.26. The van der Waals surface area contributed by atoms with E-state index in [1.54, 1.807) is 11.3 Å². The Morgan fingerprint density at radius 1 is 1.38 bits per heavy atom. The predicted molar refractivity (Wildman–Crippen MR) is 76.6 cm³/mol. The van der Waals surface area contributed by atoms with Crippen LogP contribution in [0.4, 0.5) is 13.2 Å². The highest BCUT2D eigenvalue weighted by atomic mass is 32.1. The first-order valence-electron chi connectivity index (χ1n) is 7.42. The summed E-state index contributed by atoms with van der Waals surface area (Å²) in [4.78, 5) is 7.36. The van der Waals surface area contributed by atoms with Crippen molar-refractivity contribution in [1.82, 2.24) is 15.2 Å². The number of thiazole rings is 1. The minimum Gasteiger partial charge on any atom is -0.305 e. The Labute approximate surface area is 126 Å². The highest BCUT2D eigenvalue weighted by Crippen LogP contribution is 2.34. The monoisotopic (exact) mass is 319 g/mol. The van der Waals surface area contributed by atoms with Crippen molar-refractivity contribution in [3.63, 3.8) is 0 Å². The molecule has 0 aromatic carbocycles. The summed E-state index contributed by atoms with van der Waals surface area (Å²) in [6.07, 6.45) is -0.110. The molecule has 2 aliphatic rings. The lowest BCUT2D eigenvalue weighted by molar-refractivity contribution is -0.143. The average Bonchev–Trinajstić information content (AvgIpc) is 2.93. The zero-order valence-corrected chi connectivity index (χ0v) is 12.9. The maximum Gasteiger partial charge on any atom is 0.401 e. The van der Waals surface area contributed by atoms with Crippen LogP contribution in [0, 0.1) is 6.92 Å². The molecule has 0 radical (unpaired) electrons. The Morgan fingerprint density at radius 3 is 2.95 bits per heavy atom. The molecule has 1 aliphatic heterocycles. The number of hydrogen-bond acceptors (Lipinski definition) is 4. The Morgan fingerprint density at radius 2 is 2.19 bits per heavy atom. The van der Waals surface area contributed by atoms with Gasteiger partial charge in [0.25, 0.3) is 0 Å². The van der Waals surface area contributed by atoms with Crippen molar-refractivity contribution in [2.24, 2.45) is 0 Å². The lowest BCUT2D eigenvalue weighted by Crippen LogP contribution is -2.38. The van der Waals surface area contributed by atoms with Crippen LogP contribution in [-0.4, -0.2) is 41.7 Å². The van der Waals surface area contributed by atoms with Crippen LogP contribution < -0.4 is 5.32 Å². The number of likely N-dealkylation sites (tertiary alicyclic amines) is 1. The number of fused-ring (bicyclic) bond motifs is 1. The second-order valence-corrected chi connectivity index (χ2v) is 7.23. The molecule has 118 valence electrons. The minimum absolute atomic E-state index is 0.158. The number of aromatic nitrogens is 1. The SMILES string of the molecule is Cc1nc2c(s1)[C@H](N[C@H]1CCN(CC(F)(F)F)C1)CCC2. The molecule has 0 spiro atoms. The Balaban J connectivity index is 1.59. The molecule has 2 heterocycles. The second kappa shape index (κ2) is 5.85. The first kappa shape index (κ1) is 15.2. The smallest absolute Gasteiger partial charge is 0.305 e. The first-order chi connectivity index (χ1) is 9.90. The number of alkyl halides is 3. The molecule has 0 bridgehead atoms. The molecule has 0 saturated carbocycles. The molecule has 0 unspecified atom stereocenters. The number of rotatable bonds is 3. The highest BCUT2D eigenvalue weighted by Gasteiger charge is 2.35. The molecule has 1 N–H and O–H groups in total. The van der Waals surface area contributed by atoms with Gasteiger partial charge >= 0.3 is 6.18 Å². The summed E-state index contributed by atoms with van der Waals surface area (Å²) in [5.41, 5.74) is 1.19. The van der Waals surface area contributed by atoms with Crippen LogP contribution >= 0.6 is 11.3 Å². The predicted octanol–water partition coefficient (Wildman–Crippen LogP) is 3.06. The third kappa shape index (κ3) is 3.76. The number of nitrogens with one attached hydrogen (secondary N) is 1. The van der Waals surface area contributed by atoms with E-state index in [1.165, 1.54) is 15.5 Å². The summed E-state index contributed by atoms with van der Waals surface area (Å²) < 4.78 is 37.3. The number of hydrogen-bond donors (Lipinski definition) is 1. The van der Waals surface area contributed by atoms with Crippen LogP contribution in [0.1, 0.15) is 40.9 Å². The maximum atomic E-state index is 12.4. The van der Waals surface area contributed by atoms with Gasteiger partial charge in [-0.25, -0.2) is 4.98 Å². The fourth-order valence-corrected chi connectivity index (χ4v) is 4.42. The van der Waals surface area contributed by atoms with E-state index in [-0.39, 0.29) is 12.1 Å². The normalized spacial score (nSPS) is 27.0. The summed E-state index contributed by atoms with van der Waals surface area (Å²) in [7, 11) is 0. The molecule has 2 atom stereocenters. The molecule has 1 aromatic rings. The fraction of sp³-hybridized carbons (Fsp3) is 0.786. The summed E-state index contributed by atoms with van der Waals surface area (Å²) >= 11 is 1.73. The van der Waals surface area contributed by atoms with E-state index in [4.69, 9.17) is 0 Å². The number of nitrogens with zero attached hydrogens (tertiary/aromatic N) is 2. The van der Waals surface area contributed by atoms with Crippen molar-refractivity contribution in [2.45, 2.75) is 50.9 Å². The molecule has 3 rings (SSSR count). The molecule has 7 heteroatoms. The quantitative estimate of drug-likeness (QED) is 0.928. The topological polar surface area (TPSA) is 28.2 Å². The molecular formula is C14H20F3N3S. The lowest BCUT2D eigenvalue weighted by atomic mass is 9.97. The zero-order valence-electron chi connectivity index (χ0n) is 12.0. The van der Waals surface area contributed by atoms with Gasteiger partial charge in [-0.15, -0.1) is 11.3 Å². The van der Waals surface area contributed by atoms with Crippen LogP contribution in [0.5, 0.6) is 0 Å². The summed E-state index contributed by atoms with van der Waals surface area (Å²) in [5.74, 6) is 0. The highest BCUT2D eigenvalue weighted by molar-refractivity contribution is 7.11. The summed E-state index contributed by atoms with van der Waals surface area (Å²) in [5, 5.41) is 4.65. The van der Waals surface area contributed by atoms with Gasteiger partial charge < -0.3 is 5.32 Å². The van der Waals surface area contributed by atoms with Gasteiger partial charge in [-0.05, 0) is 32.6 Å². The van der Waals surface area contributed by atoms with Gasteiger partial charge in [-0.1, -0.05) is 0 Å². The van der Waals surface area contributed by atoms with Gasteiger partial charge in [-0.2, -0.15) is 13.2 Å². The fourth-order valence-electron chi connectivity index (χ4n) is 3.35. The molecule has 3 nitrogen and oxygen atoms in total. The van der Waals surface area contributed by atoms with E-state index in [9.17, 15) is 13.2 Å².